The highest BCUT2D eigenvalue weighted by Gasteiger charge is 2.23. The summed E-state index contributed by atoms with van der Waals surface area (Å²) in [7, 11) is 0. The van der Waals surface area contributed by atoms with Crippen LogP contribution in [0.4, 0.5) is 0 Å². The van der Waals surface area contributed by atoms with Crippen molar-refractivity contribution >= 4 is 5.91 Å². The standard InChI is InChI=1S/C17H22N4O2/c1-13-15(4-6-19-13)17(22)20-12-16(14-3-2-5-18-11-14)21-7-9-23-10-8-21/h2-6,11,16,19H,7-10,12H2,1H3,(H,20,22)/t16-/m0/s1. The van der Waals surface area contributed by atoms with Crippen LogP contribution in [0.25, 0.3) is 0 Å². The zero-order valence-electron chi connectivity index (χ0n) is 13.3. The Kier molecular flexibility index (Phi) is 5.05. The van der Waals surface area contributed by atoms with Gasteiger partial charge >= 0.3 is 0 Å². The Bertz CT molecular complexity index is 635. The molecule has 1 saturated heterocycles. The molecule has 1 aliphatic heterocycles. The second-order valence-electron chi connectivity index (χ2n) is 5.68. The molecule has 2 aromatic heterocycles. The first-order chi connectivity index (χ1) is 11.3. The van der Waals surface area contributed by atoms with Crippen molar-refractivity contribution in [2.45, 2.75) is 13.0 Å². The van der Waals surface area contributed by atoms with Gasteiger partial charge in [-0.3, -0.25) is 14.7 Å². The van der Waals surface area contributed by atoms with Gasteiger partial charge in [0.25, 0.3) is 5.91 Å². The van der Waals surface area contributed by atoms with E-state index >= 15 is 0 Å². The Hall–Kier alpha value is -2.18. The highest BCUT2D eigenvalue weighted by atomic mass is 16.5. The third-order valence-corrected chi connectivity index (χ3v) is 4.21. The second-order valence-corrected chi connectivity index (χ2v) is 5.68. The Labute approximate surface area is 135 Å². The van der Waals surface area contributed by atoms with E-state index in [1.807, 2.05) is 19.2 Å². The number of pyridine rings is 1. The fourth-order valence-corrected chi connectivity index (χ4v) is 2.90. The molecule has 1 aliphatic rings. The highest BCUT2D eigenvalue weighted by Crippen LogP contribution is 2.20. The zero-order chi connectivity index (χ0) is 16.1. The molecule has 1 atom stereocenters. The minimum Gasteiger partial charge on any atom is -0.379 e. The van der Waals surface area contributed by atoms with Gasteiger partial charge in [0.05, 0.1) is 24.8 Å². The quantitative estimate of drug-likeness (QED) is 0.878. The third-order valence-electron chi connectivity index (χ3n) is 4.21. The van der Waals surface area contributed by atoms with Gasteiger partial charge in [0.15, 0.2) is 0 Å². The smallest absolute Gasteiger partial charge is 0.253 e. The molecular weight excluding hydrogens is 292 g/mol. The van der Waals surface area contributed by atoms with Gasteiger partial charge in [-0.05, 0) is 24.6 Å². The van der Waals surface area contributed by atoms with Crippen molar-refractivity contribution in [2.24, 2.45) is 0 Å². The fraction of sp³-hybridized carbons (Fsp3) is 0.412. The molecule has 0 radical (unpaired) electrons. The van der Waals surface area contributed by atoms with Crippen molar-refractivity contribution < 1.29 is 9.53 Å². The van der Waals surface area contributed by atoms with Crippen molar-refractivity contribution in [1.29, 1.82) is 0 Å². The van der Waals surface area contributed by atoms with E-state index < -0.39 is 0 Å². The molecule has 6 nitrogen and oxygen atoms in total. The van der Waals surface area contributed by atoms with Crippen LogP contribution in [-0.2, 0) is 4.74 Å². The summed E-state index contributed by atoms with van der Waals surface area (Å²) in [6.07, 6.45) is 5.42. The summed E-state index contributed by atoms with van der Waals surface area (Å²) >= 11 is 0. The van der Waals surface area contributed by atoms with E-state index in [0.29, 0.717) is 12.1 Å². The number of amides is 1. The van der Waals surface area contributed by atoms with Crippen molar-refractivity contribution in [1.82, 2.24) is 20.2 Å². The number of carbonyl (C=O) groups is 1. The lowest BCUT2D eigenvalue weighted by atomic mass is 10.1. The first-order valence-electron chi connectivity index (χ1n) is 7.89. The second kappa shape index (κ2) is 7.39. The summed E-state index contributed by atoms with van der Waals surface area (Å²) in [5.74, 6) is -0.0501. The van der Waals surface area contributed by atoms with Crippen molar-refractivity contribution in [2.75, 3.05) is 32.8 Å². The lowest BCUT2D eigenvalue weighted by Gasteiger charge is -2.34. The lowest BCUT2D eigenvalue weighted by Crippen LogP contribution is -2.43. The van der Waals surface area contributed by atoms with Gasteiger partial charge in [0.1, 0.15) is 0 Å². The van der Waals surface area contributed by atoms with Crippen LogP contribution in [-0.4, -0.2) is 53.6 Å². The molecular formula is C17H22N4O2. The number of aromatic nitrogens is 2. The molecule has 3 heterocycles. The van der Waals surface area contributed by atoms with Crippen LogP contribution in [0.15, 0.2) is 36.8 Å². The number of nitrogens with zero attached hydrogens (tertiary/aromatic N) is 2. The van der Waals surface area contributed by atoms with Crippen molar-refractivity contribution in [3.05, 3.63) is 53.6 Å². The number of hydrogen-bond donors (Lipinski definition) is 2. The van der Waals surface area contributed by atoms with Gasteiger partial charge in [-0.1, -0.05) is 6.07 Å². The maximum absolute atomic E-state index is 12.4. The Morgan fingerprint density at radius 1 is 1.43 bits per heavy atom. The van der Waals surface area contributed by atoms with E-state index in [0.717, 1.165) is 37.6 Å². The molecule has 0 unspecified atom stereocenters. The molecule has 23 heavy (non-hydrogen) atoms. The fourth-order valence-electron chi connectivity index (χ4n) is 2.90. The van der Waals surface area contributed by atoms with Crippen LogP contribution in [0.2, 0.25) is 0 Å². The summed E-state index contributed by atoms with van der Waals surface area (Å²) in [5.41, 5.74) is 2.68. The largest absolute Gasteiger partial charge is 0.379 e. The molecule has 1 fully saturated rings. The number of aryl methyl sites for hydroxylation is 1. The summed E-state index contributed by atoms with van der Waals surface area (Å²) in [5, 5.41) is 3.05. The summed E-state index contributed by atoms with van der Waals surface area (Å²) in [6.45, 7) is 5.62. The number of carbonyl (C=O) groups excluding carboxylic acids is 1. The predicted octanol–water partition coefficient (Wildman–Crippen LogP) is 1.52. The number of rotatable bonds is 5. The van der Waals surface area contributed by atoms with Crippen LogP contribution in [0.1, 0.15) is 27.7 Å². The lowest BCUT2D eigenvalue weighted by molar-refractivity contribution is 0.0161. The van der Waals surface area contributed by atoms with E-state index in [4.69, 9.17) is 4.74 Å². The number of nitrogens with one attached hydrogen (secondary N) is 2. The topological polar surface area (TPSA) is 70.2 Å². The molecule has 2 N–H and O–H groups in total. The monoisotopic (exact) mass is 314 g/mol. The maximum atomic E-state index is 12.4. The Balaban J connectivity index is 1.71. The molecule has 1 amide bonds. The molecule has 0 aromatic carbocycles. The maximum Gasteiger partial charge on any atom is 0.253 e. The van der Waals surface area contributed by atoms with Crippen LogP contribution in [0.5, 0.6) is 0 Å². The highest BCUT2D eigenvalue weighted by molar-refractivity contribution is 5.95. The third kappa shape index (κ3) is 3.78. The first kappa shape index (κ1) is 15.7. The average molecular weight is 314 g/mol. The minimum absolute atomic E-state index is 0.0501. The normalized spacial score (nSPS) is 16.9. The van der Waals surface area contributed by atoms with Crippen LogP contribution in [0.3, 0.4) is 0 Å². The minimum atomic E-state index is -0.0501. The Morgan fingerprint density at radius 3 is 2.91 bits per heavy atom. The van der Waals surface area contributed by atoms with Crippen molar-refractivity contribution in [3.8, 4) is 0 Å². The summed E-state index contributed by atoms with van der Waals surface area (Å²) in [4.78, 5) is 21.9. The molecule has 0 spiro atoms. The van der Waals surface area contributed by atoms with E-state index in [2.05, 4.69) is 26.3 Å². The molecule has 2 aromatic rings. The van der Waals surface area contributed by atoms with Gasteiger partial charge in [0.2, 0.25) is 0 Å². The van der Waals surface area contributed by atoms with Gasteiger partial charge < -0.3 is 15.0 Å². The van der Waals surface area contributed by atoms with Gasteiger partial charge in [-0.25, -0.2) is 0 Å². The SMILES string of the molecule is Cc1[nH]ccc1C(=O)NC[C@@H](c1cccnc1)N1CCOCC1. The number of ether oxygens (including phenoxy) is 1. The van der Waals surface area contributed by atoms with E-state index in [-0.39, 0.29) is 11.9 Å². The van der Waals surface area contributed by atoms with E-state index in [9.17, 15) is 4.79 Å². The van der Waals surface area contributed by atoms with Crippen molar-refractivity contribution in [3.63, 3.8) is 0 Å². The Morgan fingerprint density at radius 2 is 2.26 bits per heavy atom. The number of H-pyrrole nitrogens is 1. The van der Waals surface area contributed by atoms with Crippen LogP contribution >= 0.6 is 0 Å². The van der Waals surface area contributed by atoms with Gasteiger partial charge in [-0.15, -0.1) is 0 Å². The molecule has 3 rings (SSSR count). The molecule has 122 valence electrons. The van der Waals surface area contributed by atoms with Crippen LogP contribution < -0.4 is 5.32 Å². The molecule has 6 heteroatoms. The summed E-state index contributed by atoms with van der Waals surface area (Å²) < 4.78 is 5.44. The number of hydrogen-bond acceptors (Lipinski definition) is 4. The van der Waals surface area contributed by atoms with Crippen LogP contribution in [0, 0.1) is 6.92 Å². The average Bonchev–Trinajstić information content (AvgIpc) is 3.03. The molecule has 0 bridgehead atoms. The van der Waals surface area contributed by atoms with Gasteiger partial charge in [0, 0.05) is 43.9 Å². The molecule has 0 saturated carbocycles. The zero-order valence-corrected chi connectivity index (χ0v) is 13.3. The summed E-state index contributed by atoms with van der Waals surface area (Å²) in [6, 6.07) is 5.90. The molecule has 0 aliphatic carbocycles. The first-order valence-corrected chi connectivity index (χ1v) is 7.89. The number of morpholine rings is 1. The van der Waals surface area contributed by atoms with E-state index in [1.54, 1.807) is 18.5 Å². The van der Waals surface area contributed by atoms with Gasteiger partial charge in [-0.2, -0.15) is 0 Å². The van der Waals surface area contributed by atoms with E-state index in [1.165, 1.54) is 0 Å². The number of aromatic amines is 1. The predicted molar refractivity (Wildman–Crippen MR) is 87.2 cm³/mol.